The van der Waals surface area contributed by atoms with E-state index >= 15 is 0 Å². The van der Waals surface area contributed by atoms with Gasteiger partial charge < -0.3 is 14.8 Å². The van der Waals surface area contributed by atoms with Crippen LogP contribution in [0.4, 0.5) is 18.9 Å². The van der Waals surface area contributed by atoms with E-state index in [4.69, 9.17) is 21.1 Å². The Morgan fingerprint density at radius 1 is 1.09 bits per heavy atom. The summed E-state index contributed by atoms with van der Waals surface area (Å²) in [7, 11) is 1.59. The summed E-state index contributed by atoms with van der Waals surface area (Å²) in [6.07, 6.45) is 0.471. The first-order valence-electron chi connectivity index (χ1n) is 11.1. The normalized spacial score (nSPS) is 20.7. The van der Waals surface area contributed by atoms with Crippen LogP contribution in [0.5, 0.6) is 11.5 Å². The Morgan fingerprint density at radius 2 is 1.86 bits per heavy atom. The molecular weight excluding hydrogens is 543 g/mol. The van der Waals surface area contributed by atoms with E-state index in [-0.39, 0.29) is 17.9 Å². The summed E-state index contributed by atoms with van der Waals surface area (Å²) in [4.78, 5) is 0. The third-order valence-corrected chi connectivity index (χ3v) is 7.44. The molecule has 0 radical (unpaired) electrons. The number of fused-ring (bicyclic) bond motifs is 3. The molecule has 1 aliphatic carbocycles. The fraction of sp³-hybridized carbons (Fsp3) is 0.259. The second-order valence-corrected chi connectivity index (χ2v) is 10.0. The van der Waals surface area contributed by atoms with Crippen LogP contribution in [0.25, 0.3) is 0 Å². The molecule has 0 unspecified atom stereocenters. The predicted molar refractivity (Wildman–Crippen MR) is 134 cm³/mol. The van der Waals surface area contributed by atoms with Gasteiger partial charge in [0.15, 0.2) is 11.5 Å². The average Bonchev–Trinajstić information content (AvgIpc) is 3.33. The third kappa shape index (κ3) is 4.76. The van der Waals surface area contributed by atoms with Gasteiger partial charge in [0.25, 0.3) is 0 Å². The molecule has 1 heterocycles. The van der Waals surface area contributed by atoms with Crippen LogP contribution in [-0.2, 0) is 12.8 Å². The van der Waals surface area contributed by atoms with Gasteiger partial charge in [0.2, 0.25) is 0 Å². The van der Waals surface area contributed by atoms with E-state index in [0.29, 0.717) is 34.4 Å². The van der Waals surface area contributed by atoms with Crippen LogP contribution in [-0.4, -0.2) is 7.11 Å². The largest absolute Gasteiger partial charge is 0.493 e. The fourth-order valence-electron chi connectivity index (χ4n) is 4.90. The minimum atomic E-state index is -4.37. The Kier molecular flexibility index (Phi) is 6.49. The quantitative estimate of drug-likeness (QED) is 0.315. The number of alkyl halides is 3. The molecule has 3 aromatic carbocycles. The zero-order valence-corrected chi connectivity index (χ0v) is 21.0. The lowest BCUT2D eigenvalue weighted by Gasteiger charge is -2.38. The number of nitrogens with one attached hydrogen (secondary N) is 1. The molecule has 182 valence electrons. The number of rotatable bonds is 5. The molecule has 0 spiro atoms. The number of ether oxygens (including phenoxy) is 2. The molecule has 35 heavy (non-hydrogen) atoms. The van der Waals surface area contributed by atoms with Crippen molar-refractivity contribution in [3.8, 4) is 11.5 Å². The zero-order chi connectivity index (χ0) is 24.7. The average molecular weight is 565 g/mol. The van der Waals surface area contributed by atoms with E-state index in [9.17, 15) is 13.2 Å². The SMILES string of the molecule is COc1cc([C@@H]2Nc3ccc(C(F)(F)F)cc3[C@H]3C=CC[C@@H]32)cc(Br)c1OCc1ccc(Cl)cc1. The Hall–Kier alpha value is -2.64. The first-order chi connectivity index (χ1) is 16.7. The molecular formula is C27H22BrClF3NO2. The Labute approximate surface area is 215 Å². The monoisotopic (exact) mass is 563 g/mol. The summed E-state index contributed by atoms with van der Waals surface area (Å²) >= 11 is 9.59. The van der Waals surface area contributed by atoms with Gasteiger partial charge in [-0.3, -0.25) is 0 Å². The summed E-state index contributed by atoms with van der Waals surface area (Å²) < 4.78 is 52.4. The van der Waals surface area contributed by atoms with Crippen LogP contribution in [0.15, 0.2) is 71.2 Å². The van der Waals surface area contributed by atoms with E-state index in [0.717, 1.165) is 28.1 Å². The highest BCUT2D eigenvalue weighted by atomic mass is 79.9. The number of hydrogen-bond acceptors (Lipinski definition) is 3. The van der Waals surface area contributed by atoms with Crippen molar-refractivity contribution in [1.82, 2.24) is 0 Å². The minimum Gasteiger partial charge on any atom is -0.493 e. The lowest BCUT2D eigenvalue weighted by atomic mass is 9.76. The van der Waals surface area contributed by atoms with E-state index in [1.165, 1.54) is 12.1 Å². The molecule has 3 atom stereocenters. The second-order valence-electron chi connectivity index (χ2n) is 8.72. The fourth-order valence-corrected chi connectivity index (χ4v) is 5.60. The summed E-state index contributed by atoms with van der Waals surface area (Å²) in [5, 5.41) is 4.15. The van der Waals surface area contributed by atoms with Crippen molar-refractivity contribution >= 4 is 33.2 Å². The topological polar surface area (TPSA) is 30.5 Å². The highest BCUT2D eigenvalue weighted by Gasteiger charge is 2.40. The van der Waals surface area contributed by atoms with Crippen LogP contribution in [0.2, 0.25) is 5.02 Å². The van der Waals surface area contributed by atoms with Crippen LogP contribution >= 0.6 is 27.5 Å². The van der Waals surface area contributed by atoms with Gasteiger partial charge in [-0.25, -0.2) is 0 Å². The smallest absolute Gasteiger partial charge is 0.416 e. The van der Waals surface area contributed by atoms with Crippen molar-refractivity contribution in [3.63, 3.8) is 0 Å². The number of anilines is 1. The number of halogens is 5. The molecule has 8 heteroatoms. The number of hydrogen-bond donors (Lipinski definition) is 1. The van der Waals surface area contributed by atoms with Crippen molar-refractivity contribution in [2.24, 2.45) is 5.92 Å². The molecule has 0 saturated heterocycles. The maximum Gasteiger partial charge on any atom is 0.416 e. The van der Waals surface area contributed by atoms with E-state index in [1.807, 2.05) is 42.5 Å². The van der Waals surface area contributed by atoms with E-state index < -0.39 is 11.7 Å². The Balaban J connectivity index is 1.45. The maximum atomic E-state index is 13.3. The minimum absolute atomic E-state index is 0.0865. The number of benzene rings is 3. The van der Waals surface area contributed by atoms with Gasteiger partial charge in [-0.1, -0.05) is 35.9 Å². The van der Waals surface area contributed by atoms with Gasteiger partial charge in [-0.05, 0) is 87.4 Å². The van der Waals surface area contributed by atoms with Crippen molar-refractivity contribution in [2.45, 2.75) is 31.2 Å². The maximum absolute atomic E-state index is 13.3. The van der Waals surface area contributed by atoms with Gasteiger partial charge in [0, 0.05) is 16.6 Å². The molecule has 2 aliphatic rings. The molecule has 0 saturated carbocycles. The van der Waals surface area contributed by atoms with Crippen molar-refractivity contribution in [3.05, 3.63) is 98.5 Å². The first kappa shape index (κ1) is 24.1. The van der Waals surface area contributed by atoms with Crippen LogP contribution in [0.3, 0.4) is 0 Å². The van der Waals surface area contributed by atoms with Gasteiger partial charge in [0.1, 0.15) is 6.61 Å². The van der Waals surface area contributed by atoms with Gasteiger partial charge in [-0.2, -0.15) is 13.2 Å². The van der Waals surface area contributed by atoms with Gasteiger partial charge in [0.05, 0.1) is 23.2 Å². The Morgan fingerprint density at radius 3 is 2.57 bits per heavy atom. The number of methoxy groups -OCH3 is 1. The lowest BCUT2D eigenvalue weighted by Crippen LogP contribution is -2.29. The molecule has 1 N–H and O–H groups in total. The number of allylic oxidation sites excluding steroid dienone is 2. The first-order valence-corrected chi connectivity index (χ1v) is 12.3. The molecule has 0 bridgehead atoms. The van der Waals surface area contributed by atoms with Crippen molar-refractivity contribution in [1.29, 1.82) is 0 Å². The molecule has 3 nitrogen and oxygen atoms in total. The third-order valence-electron chi connectivity index (χ3n) is 6.60. The highest BCUT2D eigenvalue weighted by molar-refractivity contribution is 9.10. The predicted octanol–water partition coefficient (Wildman–Crippen LogP) is 8.54. The summed E-state index contributed by atoms with van der Waals surface area (Å²) in [5.74, 6) is 1.15. The molecule has 1 aliphatic heterocycles. The molecule has 0 fully saturated rings. The van der Waals surface area contributed by atoms with Gasteiger partial charge in [-0.15, -0.1) is 0 Å². The molecule has 3 aromatic rings. The van der Waals surface area contributed by atoms with Gasteiger partial charge >= 0.3 is 6.18 Å². The van der Waals surface area contributed by atoms with E-state index in [2.05, 4.69) is 27.3 Å². The van der Waals surface area contributed by atoms with Crippen LogP contribution in [0.1, 0.15) is 40.6 Å². The molecule has 0 amide bonds. The lowest BCUT2D eigenvalue weighted by molar-refractivity contribution is -0.137. The summed E-state index contributed by atoms with van der Waals surface area (Å²) in [5.41, 5.74) is 2.72. The van der Waals surface area contributed by atoms with Crippen LogP contribution < -0.4 is 14.8 Å². The van der Waals surface area contributed by atoms with Crippen molar-refractivity contribution in [2.75, 3.05) is 12.4 Å². The summed E-state index contributed by atoms with van der Waals surface area (Å²) in [6, 6.07) is 15.2. The Bertz CT molecular complexity index is 1280. The highest BCUT2D eigenvalue weighted by Crippen LogP contribution is 2.52. The molecule has 5 rings (SSSR count). The second kappa shape index (κ2) is 9.43. The molecule has 0 aromatic heterocycles. The standard InChI is InChI=1S/C27H22BrClF3NO2/c1-34-24-12-16(11-22(28)26(24)35-14-15-5-8-18(29)9-6-15)25-20-4-2-3-19(20)21-13-17(27(30,31)32)7-10-23(21)33-25/h2-3,5-13,19-20,25,33H,4,14H2,1H3/t19-,20-,25-/m0/s1. The van der Waals surface area contributed by atoms with Crippen LogP contribution in [0, 0.1) is 5.92 Å². The van der Waals surface area contributed by atoms with Crippen molar-refractivity contribution < 1.29 is 22.6 Å². The zero-order valence-electron chi connectivity index (χ0n) is 18.7. The summed E-state index contributed by atoms with van der Waals surface area (Å²) in [6.45, 7) is 0.344. The van der Waals surface area contributed by atoms with E-state index in [1.54, 1.807) is 7.11 Å².